The Bertz CT molecular complexity index is 689. The standard InChI is InChI=1S/C17H23NO3.C4H4O4/c1-18-13-7-8-14(18)12-16(11-13)21-17(19)9-10-20-15-5-3-2-4-6-15;5-3(6)1-2-4(7)8/h2-6,13-14,16H,7-12H2,1H3;1-2H,(H,5,6)(H,7,8)/b;2-1-. The predicted molar refractivity (Wildman–Crippen MR) is 105 cm³/mol. The molecule has 0 aromatic heterocycles. The first kappa shape index (κ1) is 22.4. The van der Waals surface area contributed by atoms with Crippen LogP contribution in [0.15, 0.2) is 42.5 Å². The van der Waals surface area contributed by atoms with Gasteiger partial charge in [-0.05, 0) is 44.9 Å². The van der Waals surface area contributed by atoms with E-state index in [1.165, 1.54) is 12.8 Å². The van der Waals surface area contributed by atoms with Crippen LogP contribution in [0.1, 0.15) is 32.1 Å². The van der Waals surface area contributed by atoms with Crippen LogP contribution < -0.4 is 4.74 Å². The van der Waals surface area contributed by atoms with Crippen molar-refractivity contribution in [1.29, 1.82) is 0 Å². The topological polar surface area (TPSA) is 113 Å². The summed E-state index contributed by atoms with van der Waals surface area (Å²) in [6.45, 7) is 0.377. The molecule has 2 unspecified atom stereocenters. The molecule has 8 heteroatoms. The molecule has 2 aliphatic heterocycles. The van der Waals surface area contributed by atoms with Crippen molar-refractivity contribution in [3.63, 3.8) is 0 Å². The predicted octanol–water partition coefficient (Wildman–Crippen LogP) is 2.34. The lowest BCUT2D eigenvalue weighted by atomic mass is 10.0. The summed E-state index contributed by atoms with van der Waals surface area (Å²) in [5.41, 5.74) is 0. The zero-order valence-corrected chi connectivity index (χ0v) is 16.4. The second-order valence-electron chi connectivity index (χ2n) is 7.06. The van der Waals surface area contributed by atoms with Gasteiger partial charge in [-0.2, -0.15) is 0 Å². The SMILES string of the molecule is CN1C2CCC1CC(OC(=O)CCOc1ccccc1)C2.O=C(O)/C=C\C(=O)O. The summed E-state index contributed by atoms with van der Waals surface area (Å²) in [6, 6.07) is 10.8. The lowest BCUT2D eigenvalue weighted by Gasteiger charge is -2.35. The average Bonchev–Trinajstić information content (AvgIpc) is 2.89. The first-order chi connectivity index (χ1) is 13.8. The van der Waals surface area contributed by atoms with Crippen molar-refractivity contribution in [3.8, 4) is 5.75 Å². The van der Waals surface area contributed by atoms with Crippen LogP contribution in [0.25, 0.3) is 0 Å². The van der Waals surface area contributed by atoms with E-state index in [9.17, 15) is 14.4 Å². The smallest absolute Gasteiger partial charge is 0.328 e. The van der Waals surface area contributed by atoms with E-state index < -0.39 is 11.9 Å². The number of rotatable bonds is 7. The molecule has 3 rings (SSSR count). The third-order valence-electron chi connectivity index (χ3n) is 5.04. The van der Waals surface area contributed by atoms with Crippen molar-refractivity contribution in [3.05, 3.63) is 42.5 Å². The van der Waals surface area contributed by atoms with Gasteiger partial charge in [-0.25, -0.2) is 9.59 Å². The highest BCUT2D eigenvalue weighted by atomic mass is 16.5. The number of fused-ring (bicyclic) bond motifs is 2. The second kappa shape index (κ2) is 11.2. The van der Waals surface area contributed by atoms with Gasteiger partial charge in [0.1, 0.15) is 11.9 Å². The zero-order chi connectivity index (χ0) is 21.2. The fraction of sp³-hybridized carbons (Fsp3) is 0.476. The molecule has 0 spiro atoms. The summed E-state index contributed by atoms with van der Waals surface area (Å²) in [6.07, 6.45) is 5.99. The van der Waals surface area contributed by atoms with Crippen molar-refractivity contribution in [2.45, 2.75) is 50.3 Å². The van der Waals surface area contributed by atoms with Crippen LogP contribution in [0.5, 0.6) is 5.75 Å². The van der Waals surface area contributed by atoms with Gasteiger partial charge >= 0.3 is 17.9 Å². The molecule has 1 aromatic carbocycles. The third kappa shape index (κ3) is 7.95. The molecule has 1 aromatic rings. The Labute approximate surface area is 169 Å². The minimum atomic E-state index is -1.26. The molecule has 0 radical (unpaired) electrons. The Morgan fingerprint density at radius 2 is 1.59 bits per heavy atom. The maximum atomic E-state index is 11.9. The normalized spacial score (nSPS) is 23.1. The van der Waals surface area contributed by atoms with Gasteiger partial charge in [0, 0.05) is 24.2 Å². The second-order valence-corrected chi connectivity index (χ2v) is 7.06. The van der Waals surface area contributed by atoms with E-state index in [1.807, 2.05) is 30.3 Å². The van der Waals surface area contributed by atoms with Crippen LogP contribution in [0.4, 0.5) is 0 Å². The average molecular weight is 405 g/mol. The first-order valence-electron chi connectivity index (χ1n) is 9.58. The summed E-state index contributed by atoms with van der Waals surface area (Å²) in [4.78, 5) is 33.5. The van der Waals surface area contributed by atoms with E-state index in [4.69, 9.17) is 19.7 Å². The van der Waals surface area contributed by atoms with Crippen molar-refractivity contribution >= 4 is 17.9 Å². The Hall–Kier alpha value is -2.87. The Morgan fingerprint density at radius 3 is 2.10 bits per heavy atom. The number of nitrogens with zero attached hydrogens (tertiary/aromatic N) is 1. The lowest BCUT2D eigenvalue weighted by molar-refractivity contribution is -0.153. The molecule has 8 nitrogen and oxygen atoms in total. The van der Waals surface area contributed by atoms with E-state index in [-0.39, 0.29) is 12.1 Å². The quantitative estimate of drug-likeness (QED) is 0.525. The van der Waals surface area contributed by atoms with Crippen LogP contribution in [0.3, 0.4) is 0 Å². The minimum Gasteiger partial charge on any atom is -0.493 e. The number of carbonyl (C=O) groups is 3. The molecule has 0 aliphatic carbocycles. The molecule has 2 aliphatic rings. The van der Waals surface area contributed by atoms with Crippen molar-refractivity contribution in [2.24, 2.45) is 0 Å². The number of hydrogen-bond acceptors (Lipinski definition) is 6. The molecular weight excluding hydrogens is 378 g/mol. The maximum absolute atomic E-state index is 11.9. The van der Waals surface area contributed by atoms with Gasteiger partial charge in [-0.3, -0.25) is 4.79 Å². The number of aliphatic carboxylic acids is 2. The van der Waals surface area contributed by atoms with E-state index in [0.717, 1.165) is 18.6 Å². The largest absolute Gasteiger partial charge is 0.493 e. The number of benzene rings is 1. The van der Waals surface area contributed by atoms with Crippen LogP contribution in [0, 0.1) is 0 Å². The fourth-order valence-corrected chi connectivity index (χ4v) is 3.61. The van der Waals surface area contributed by atoms with E-state index in [0.29, 0.717) is 37.3 Å². The number of carboxylic acid groups (broad SMARTS) is 2. The van der Waals surface area contributed by atoms with E-state index in [2.05, 4.69) is 11.9 Å². The fourth-order valence-electron chi connectivity index (χ4n) is 3.61. The number of hydrogen-bond donors (Lipinski definition) is 2. The van der Waals surface area contributed by atoms with Crippen molar-refractivity contribution < 1.29 is 34.1 Å². The number of piperidine rings is 1. The zero-order valence-electron chi connectivity index (χ0n) is 16.4. The highest BCUT2D eigenvalue weighted by molar-refractivity contribution is 5.89. The summed E-state index contributed by atoms with van der Waals surface area (Å²) in [5.74, 6) is -1.86. The van der Waals surface area contributed by atoms with Crippen LogP contribution >= 0.6 is 0 Å². The number of esters is 1. The van der Waals surface area contributed by atoms with Gasteiger partial charge in [0.15, 0.2) is 0 Å². The van der Waals surface area contributed by atoms with Gasteiger partial charge in [-0.1, -0.05) is 18.2 Å². The molecule has 29 heavy (non-hydrogen) atoms. The first-order valence-corrected chi connectivity index (χ1v) is 9.58. The molecule has 158 valence electrons. The Kier molecular flexibility index (Phi) is 8.67. The summed E-state index contributed by atoms with van der Waals surface area (Å²) < 4.78 is 11.1. The van der Waals surface area contributed by atoms with Crippen molar-refractivity contribution in [2.75, 3.05) is 13.7 Å². The van der Waals surface area contributed by atoms with Gasteiger partial charge in [0.25, 0.3) is 0 Å². The van der Waals surface area contributed by atoms with Gasteiger partial charge < -0.3 is 24.6 Å². The Morgan fingerprint density at radius 1 is 1.03 bits per heavy atom. The molecule has 2 fully saturated rings. The van der Waals surface area contributed by atoms with Gasteiger partial charge in [0.2, 0.25) is 0 Å². The molecule has 0 amide bonds. The number of ether oxygens (including phenoxy) is 2. The van der Waals surface area contributed by atoms with Crippen LogP contribution in [-0.4, -0.2) is 64.9 Å². The molecular formula is C21H27NO7. The number of carbonyl (C=O) groups excluding carboxylic acids is 1. The molecule has 2 bridgehead atoms. The summed E-state index contributed by atoms with van der Waals surface area (Å²) in [5, 5.41) is 15.6. The van der Waals surface area contributed by atoms with Gasteiger partial charge in [0.05, 0.1) is 13.0 Å². The lowest BCUT2D eigenvalue weighted by Crippen LogP contribution is -2.43. The molecule has 0 saturated carbocycles. The maximum Gasteiger partial charge on any atom is 0.328 e. The van der Waals surface area contributed by atoms with E-state index >= 15 is 0 Å². The number of para-hydroxylation sites is 1. The molecule has 2 saturated heterocycles. The highest BCUT2D eigenvalue weighted by Gasteiger charge is 2.39. The Balaban J connectivity index is 0.000000321. The molecule has 2 atom stereocenters. The van der Waals surface area contributed by atoms with Crippen LogP contribution in [0.2, 0.25) is 0 Å². The molecule has 2 heterocycles. The van der Waals surface area contributed by atoms with Crippen molar-refractivity contribution in [1.82, 2.24) is 4.90 Å². The van der Waals surface area contributed by atoms with Gasteiger partial charge in [-0.15, -0.1) is 0 Å². The monoisotopic (exact) mass is 405 g/mol. The minimum absolute atomic E-state index is 0.0999. The van der Waals surface area contributed by atoms with Crippen LogP contribution in [-0.2, 0) is 19.1 Å². The van der Waals surface area contributed by atoms with E-state index in [1.54, 1.807) is 0 Å². The molecule has 2 N–H and O–H groups in total. The third-order valence-corrected chi connectivity index (χ3v) is 5.04. The highest BCUT2D eigenvalue weighted by Crippen LogP contribution is 2.35. The number of carboxylic acids is 2. The summed E-state index contributed by atoms with van der Waals surface area (Å²) in [7, 11) is 2.19. The summed E-state index contributed by atoms with van der Waals surface area (Å²) >= 11 is 0.